The molecule has 2 aliphatic heterocycles. The Kier molecular flexibility index (Phi) is 9.00. The molecule has 0 spiro atoms. The van der Waals surface area contributed by atoms with Gasteiger partial charge < -0.3 is 20.8 Å². The molecule has 0 aromatic heterocycles. The number of hydrogen-bond acceptors (Lipinski definition) is 7. The van der Waals surface area contributed by atoms with Crippen molar-refractivity contribution >= 4 is 29.5 Å². The summed E-state index contributed by atoms with van der Waals surface area (Å²) in [6.07, 6.45) is 8.74. The highest BCUT2D eigenvalue weighted by Crippen LogP contribution is 2.68. The van der Waals surface area contributed by atoms with Crippen LogP contribution in [-0.2, 0) is 14.4 Å². The normalized spacial score (nSPS) is 42.7. The molecule has 4 saturated carbocycles. The molecule has 12 atom stereocenters. The lowest BCUT2D eigenvalue weighted by atomic mass is 9.43. The summed E-state index contributed by atoms with van der Waals surface area (Å²) in [6.45, 7) is 8.78. The quantitative estimate of drug-likeness (QED) is 0.132. The maximum absolute atomic E-state index is 13.1. The number of carbonyl (C=O) groups excluding carboxylic acids is 3. The van der Waals surface area contributed by atoms with Gasteiger partial charge in [0.15, 0.2) is 0 Å². The van der Waals surface area contributed by atoms with Gasteiger partial charge in [0.1, 0.15) is 17.1 Å². The van der Waals surface area contributed by atoms with Gasteiger partial charge in [0.2, 0.25) is 5.91 Å². The Hall–Kier alpha value is -2.27. The van der Waals surface area contributed by atoms with Gasteiger partial charge in [-0.15, -0.1) is 11.8 Å². The Morgan fingerprint density at radius 1 is 1.13 bits per heavy atom. The fourth-order valence-corrected chi connectivity index (χ4v) is 12.3. The SMILES string of the molecule is CC1=C(C(=O)NCN=[N+]=[N-])N2C(=O)C(NC(=O)CCC(C)C3CCC4C5C(O)CC6CC(O)CCC6(C)C5CCC34C)C2SC1. The van der Waals surface area contributed by atoms with E-state index in [1.165, 1.54) is 16.7 Å². The summed E-state index contributed by atoms with van der Waals surface area (Å²) in [4.78, 5) is 43.0. The number of rotatable bonds is 8. The molecule has 4 aliphatic carbocycles. The number of β-lactam (4-membered cyclic amide) rings is 1. The number of azide groups is 1. The number of nitrogens with zero attached hydrogens (tertiary/aromatic N) is 4. The van der Waals surface area contributed by atoms with Crippen LogP contribution in [0.4, 0.5) is 0 Å². The lowest BCUT2D eigenvalue weighted by Gasteiger charge is -2.62. The van der Waals surface area contributed by atoms with Crippen LogP contribution < -0.4 is 10.6 Å². The second kappa shape index (κ2) is 12.4. The summed E-state index contributed by atoms with van der Waals surface area (Å²) in [5, 5.41) is 30.4. The lowest BCUT2D eigenvalue weighted by Crippen LogP contribution is -2.70. The molecule has 0 bridgehead atoms. The van der Waals surface area contributed by atoms with Gasteiger partial charge in [-0.2, -0.15) is 0 Å². The summed E-state index contributed by atoms with van der Waals surface area (Å²) in [5.41, 5.74) is 9.90. The Morgan fingerprint density at radius 3 is 2.62 bits per heavy atom. The molecule has 6 rings (SSSR count). The zero-order valence-electron chi connectivity index (χ0n) is 27.1. The van der Waals surface area contributed by atoms with Gasteiger partial charge in [-0.25, -0.2) is 0 Å². The van der Waals surface area contributed by atoms with Crippen LogP contribution >= 0.6 is 11.8 Å². The molecule has 6 aliphatic rings. The minimum Gasteiger partial charge on any atom is -0.393 e. The van der Waals surface area contributed by atoms with Gasteiger partial charge in [-0.3, -0.25) is 19.3 Å². The predicted octanol–water partition coefficient (Wildman–Crippen LogP) is 4.45. The minimum absolute atomic E-state index is 0.134. The Labute approximate surface area is 270 Å². The number of thioether (sulfide) groups is 1. The van der Waals surface area contributed by atoms with Crippen LogP contribution in [0.25, 0.3) is 10.4 Å². The molecule has 5 fully saturated rings. The van der Waals surface area contributed by atoms with Crippen LogP contribution in [0.1, 0.15) is 91.9 Å². The molecular weight excluding hydrogens is 592 g/mol. The van der Waals surface area contributed by atoms with E-state index >= 15 is 0 Å². The summed E-state index contributed by atoms with van der Waals surface area (Å²) >= 11 is 1.53. The van der Waals surface area contributed by atoms with Crippen molar-refractivity contribution in [2.45, 2.75) is 116 Å². The first kappa shape index (κ1) is 32.7. The molecular formula is C33H50N6O5S. The fraction of sp³-hybridized carbons (Fsp3) is 0.848. The highest BCUT2D eigenvalue weighted by atomic mass is 32.2. The van der Waals surface area contributed by atoms with Crippen LogP contribution in [-0.4, -0.2) is 68.9 Å². The molecule has 3 amide bonds. The van der Waals surface area contributed by atoms with Crippen molar-refractivity contribution < 1.29 is 24.6 Å². The molecule has 2 heterocycles. The molecule has 12 unspecified atom stereocenters. The third-order valence-electron chi connectivity index (χ3n) is 13.3. The van der Waals surface area contributed by atoms with Gasteiger partial charge in [-0.1, -0.05) is 25.9 Å². The van der Waals surface area contributed by atoms with E-state index in [1.54, 1.807) is 6.92 Å². The number of aliphatic hydroxyl groups is 2. The molecule has 0 aromatic carbocycles. The van der Waals surface area contributed by atoms with E-state index in [0.717, 1.165) is 63.4 Å². The maximum atomic E-state index is 13.1. The zero-order chi connectivity index (χ0) is 32.3. The Morgan fingerprint density at radius 2 is 1.87 bits per heavy atom. The van der Waals surface area contributed by atoms with E-state index in [-0.39, 0.29) is 52.6 Å². The highest BCUT2D eigenvalue weighted by Gasteiger charge is 2.63. The topological polar surface area (TPSA) is 168 Å². The summed E-state index contributed by atoms with van der Waals surface area (Å²) < 4.78 is 0. The van der Waals surface area contributed by atoms with Crippen LogP contribution in [0.5, 0.6) is 0 Å². The molecule has 0 radical (unpaired) electrons. The Balaban J connectivity index is 1.04. The average Bonchev–Trinajstić information content (AvgIpc) is 3.36. The van der Waals surface area contributed by atoms with Crippen molar-refractivity contribution in [3.8, 4) is 0 Å². The first-order valence-corrected chi connectivity index (χ1v) is 18.0. The Bertz CT molecular complexity index is 1300. The van der Waals surface area contributed by atoms with Crippen LogP contribution in [0.15, 0.2) is 16.4 Å². The van der Waals surface area contributed by atoms with Crippen molar-refractivity contribution in [2.24, 2.45) is 51.5 Å². The highest BCUT2D eigenvalue weighted by molar-refractivity contribution is 8.00. The number of fused-ring (bicyclic) bond motifs is 6. The van der Waals surface area contributed by atoms with Crippen molar-refractivity contribution in [2.75, 3.05) is 12.4 Å². The molecule has 0 aromatic rings. The van der Waals surface area contributed by atoms with E-state index < -0.39 is 11.9 Å². The summed E-state index contributed by atoms with van der Waals surface area (Å²) in [5.74, 6) is 2.28. The number of hydrogen-bond donors (Lipinski definition) is 4. The fourth-order valence-electron chi connectivity index (χ4n) is 11.0. The van der Waals surface area contributed by atoms with Gasteiger partial charge in [0, 0.05) is 17.1 Å². The van der Waals surface area contributed by atoms with Crippen LogP contribution in [0.3, 0.4) is 0 Å². The average molecular weight is 643 g/mol. The van der Waals surface area contributed by atoms with Crippen molar-refractivity contribution in [3.63, 3.8) is 0 Å². The van der Waals surface area contributed by atoms with Crippen LogP contribution in [0.2, 0.25) is 0 Å². The monoisotopic (exact) mass is 642 g/mol. The summed E-state index contributed by atoms with van der Waals surface area (Å²) in [6, 6.07) is -0.659. The lowest BCUT2D eigenvalue weighted by molar-refractivity contribution is -0.174. The largest absolute Gasteiger partial charge is 0.393 e. The molecule has 4 N–H and O–H groups in total. The molecule has 248 valence electrons. The van der Waals surface area contributed by atoms with Gasteiger partial charge in [0.05, 0.1) is 18.9 Å². The molecule has 12 heteroatoms. The van der Waals surface area contributed by atoms with E-state index in [2.05, 4.69) is 41.4 Å². The van der Waals surface area contributed by atoms with Crippen molar-refractivity contribution in [1.82, 2.24) is 15.5 Å². The first-order chi connectivity index (χ1) is 21.4. The third-order valence-corrected chi connectivity index (χ3v) is 14.7. The first-order valence-electron chi connectivity index (χ1n) is 17.0. The number of carbonyl (C=O) groups is 3. The van der Waals surface area contributed by atoms with Crippen LogP contribution in [0, 0.1) is 46.3 Å². The second-order valence-corrected chi connectivity index (χ2v) is 16.6. The summed E-state index contributed by atoms with van der Waals surface area (Å²) in [7, 11) is 0. The molecule has 45 heavy (non-hydrogen) atoms. The zero-order valence-corrected chi connectivity index (χ0v) is 27.9. The third kappa shape index (κ3) is 5.47. The van der Waals surface area contributed by atoms with Gasteiger partial charge in [-0.05, 0) is 122 Å². The van der Waals surface area contributed by atoms with E-state index in [9.17, 15) is 24.6 Å². The standard InChI is InChI=1S/C33H50N6O5S/c1-17(5-8-25(42)37-27-30(44)39-28(18(2)15-45-31(27)39)29(43)35-16-36-38-34)21-6-7-22-26-23(10-12-33(21,22)4)32(3)11-9-20(40)13-19(32)14-24(26)41/h17,19-24,26-27,31,40-41H,5-16H2,1-4H3,(H,35,43)(H,37,42). The van der Waals surface area contributed by atoms with E-state index in [0.29, 0.717) is 47.7 Å². The molecule has 1 saturated heterocycles. The van der Waals surface area contributed by atoms with E-state index in [1.807, 2.05) is 0 Å². The van der Waals surface area contributed by atoms with Crippen molar-refractivity contribution in [3.05, 3.63) is 21.7 Å². The smallest absolute Gasteiger partial charge is 0.268 e. The maximum Gasteiger partial charge on any atom is 0.268 e. The number of aliphatic hydroxyl groups excluding tert-OH is 2. The molecule has 11 nitrogen and oxygen atoms in total. The van der Waals surface area contributed by atoms with Gasteiger partial charge >= 0.3 is 0 Å². The van der Waals surface area contributed by atoms with Gasteiger partial charge in [0.25, 0.3) is 11.8 Å². The van der Waals surface area contributed by atoms with Crippen molar-refractivity contribution in [1.29, 1.82) is 0 Å². The van der Waals surface area contributed by atoms with E-state index in [4.69, 9.17) is 5.53 Å². The predicted molar refractivity (Wildman–Crippen MR) is 171 cm³/mol. The second-order valence-electron chi connectivity index (χ2n) is 15.4. The number of nitrogens with one attached hydrogen (secondary N) is 2. The minimum atomic E-state index is -0.659. The number of amides is 3.